The minimum absolute atomic E-state index is 0.0272. The lowest BCUT2D eigenvalue weighted by Crippen LogP contribution is -2.13. The van der Waals surface area contributed by atoms with Gasteiger partial charge in [-0.2, -0.15) is 0 Å². The minimum atomic E-state index is -3.92. The number of primary sulfonamides is 1. The zero-order valence-corrected chi connectivity index (χ0v) is 11.9. The van der Waals surface area contributed by atoms with Crippen molar-refractivity contribution in [2.75, 3.05) is 5.32 Å². The van der Waals surface area contributed by atoms with E-state index in [1.54, 1.807) is 6.07 Å². The summed E-state index contributed by atoms with van der Waals surface area (Å²) in [5, 5.41) is 7.49. The molecule has 3 N–H and O–H groups in total. The van der Waals surface area contributed by atoms with Gasteiger partial charge in [-0.25, -0.2) is 17.9 Å². The number of sulfonamides is 1. The number of anilines is 1. The Morgan fingerprint density at radius 2 is 1.86 bits per heavy atom. The molecule has 7 heteroatoms. The van der Waals surface area contributed by atoms with Gasteiger partial charge in [-0.15, -0.1) is 0 Å². The molecule has 2 aromatic rings. The topological polar surface area (TPSA) is 89.3 Å². The quantitative estimate of drug-likeness (QED) is 0.910. The molecule has 2 aromatic carbocycles. The summed E-state index contributed by atoms with van der Waals surface area (Å²) in [6.45, 7) is 1.27. The molecule has 0 bridgehead atoms. The first-order valence-corrected chi connectivity index (χ1v) is 7.53. The van der Waals surface area contributed by atoms with Crippen LogP contribution in [0.4, 0.5) is 10.1 Å². The zero-order chi connectivity index (χ0) is 15.6. The van der Waals surface area contributed by atoms with E-state index in [4.69, 9.17) is 5.14 Å². The van der Waals surface area contributed by atoms with Crippen LogP contribution in [-0.4, -0.2) is 14.3 Å². The Kier molecular flexibility index (Phi) is 4.06. The van der Waals surface area contributed by atoms with Gasteiger partial charge in [-0.3, -0.25) is 4.79 Å². The second-order valence-corrected chi connectivity index (χ2v) is 5.95. The summed E-state index contributed by atoms with van der Waals surface area (Å²) in [6.07, 6.45) is 0. The van der Waals surface area contributed by atoms with E-state index in [9.17, 15) is 17.6 Å². The summed E-state index contributed by atoms with van der Waals surface area (Å²) < 4.78 is 37.0. The van der Waals surface area contributed by atoms with Gasteiger partial charge in [-0.1, -0.05) is 24.3 Å². The highest BCUT2D eigenvalue weighted by molar-refractivity contribution is 7.89. The Balaban J connectivity index is 2.54. The molecule has 0 atom stereocenters. The maximum absolute atomic E-state index is 13.9. The van der Waals surface area contributed by atoms with Gasteiger partial charge < -0.3 is 5.32 Å². The number of carbonyl (C=O) groups excluding carboxylic acids is 1. The Labute approximate surface area is 121 Å². The molecule has 0 heterocycles. The smallest absolute Gasteiger partial charge is 0.238 e. The van der Waals surface area contributed by atoms with Crippen LogP contribution in [0.25, 0.3) is 11.1 Å². The molecule has 0 fully saturated rings. The summed E-state index contributed by atoms with van der Waals surface area (Å²) in [6, 6.07) is 10.1. The van der Waals surface area contributed by atoms with Gasteiger partial charge in [0, 0.05) is 12.5 Å². The summed E-state index contributed by atoms with van der Waals surface area (Å²) in [5.41, 5.74) is 0.679. The third-order valence-electron chi connectivity index (χ3n) is 2.78. The van der Waals surface area contributed by atoms with Crippen LogP contribution in [0.5, 0.6) is 0 Å². The minimum Gasteiger partial charge on any atom is -0.324 e. The van der Waals surface area contributed by atoms with Crippen LogP contribution in [0.1, 0.15) is 6.92 Å². The summed E-state index contributed by atoms with van der Waals surface area (Å²) in [7, 11) is -3.92. The van der Waals surface area contributed by atoms with Crippen molar-refractivity contribution < 1.29 is 17.6 Å². The highest BCUT2D eigenvalue weighted by Gasteiger charge is 2.15. The SMILES string of the molecule is CC(=O)Nc1ccc(-c2ccccc2S(N)(=O)=O)cc1F. The maximum atomic E-state index is 13.9. The van der Waals surface area contributed by atoms with Crippen molar-refractivity contribution in [3.63, 3.8) is 0 Å². The third kappa shape index (κ3) is 3.45. The monoisotopic (exact) mass is 308 g/mol. The number of nitrogens with two attached hydrogens (primary N) is 1. The van der Waals surface area contributed by atoms with Crippen molar-refractivity contribution in [3.05, 3.63) is 48.3 Å². The largest absolute Gasteiger partial charge is 0.324 e. The molecule has 1 amide bonds. The van der Waals surface area contributed by atoms with E-state index in [1.165, 1.54) is 37.3 Å². The first-order valence-electron chi connectivity index (χ1n) is 5.98. The van der Waals surface area contributed by atoms with E-state index in [0.29, 0.717) is 11.1 Å². The zero-order valence-electron chi connectivity index (χ0n) is 11.1. The number of amides is 1. The molecule has 0 radical (unpaired) electrons. The van der Waals surface area contributed by atoms with Crippen molar-refractivity contribution in [1.82, 2.24) is 0 Å². The van der Waals surface area contributed by atoms with Crippen molar-refractivity contribution in [3.8, 4) is 11.1 Å². The lowest BCUT2D eigenvalue weighted by atomic mass is 10.1. The molecule has 0 aliphatic heterocycles. The Hall–Kier alpha value is -2.25. The fraction of sp³-hybridized carbons (Fsp3) is 0.0714. The molecule has 0 saturated carbocycles. The van der Waals surface area contributed by atoms with E-state index >= 15 is 0 Å². The molecule has 0 spiro atoms. The van der Waals surface area contributed by atoms with Crippen molar-refractivity contribution in [2.45, 2.75) is 11.8 Å². The molecule has 21 heavy (non-hydrogen) atoms. The van der Waals surface area contributed by atoms with Crippen LogP contribution in [-0.2, 0) is 14.8 Å². The molecule has 0 unspecified atom stereocenters. The van der Waals surface area contributed by atoms with Crippen molar-refractivity contribution in [2.24, 2.45) is 5.14 Å². The molecular formula is C14H13FN2O3S. The fourth-order valence-electron chi connectivity index (χ4n) is 1.93. The van der Waals surface area contributed by atoms with E-state index < -0.39 is 21.7 Å². The summed E-state index contributed by atoms with van der Waals surface area (Å²) in [4.78, 5) is 10.8. The Morgan fingerprint density at radius 3 is 2.43 bits per heavy atom. The van der Waals surface area contributed by atoms with Gasteiger partial charge in [0.2, 0.25) is 15.9 Å². The van der Waals surface area contributed by atoms with Crippen LogP contribution < -0.4 is 10.5 Å². The average Bonchev–Trinajstić information content (AvgIpc) is 2.40. The van der Waals surface area contributed by atoms with E-state index in [-0.39, 0.29) is 10.6 Å². The predicted molar refractivity (Wildman–Crippen MR) is 77.5 cm³/mol. The first kappa shape index (κ1) is 15.1. The van der Waals surface area contributed by atoms with E-state index in [1.807, 2.05) is 0 Å². The second-order valence-electron chi connectivity index (χ2n) is 4.42. The molecular weight excluding hydrogens is 295 g/mol. The van der Waals surface area contributed by atoms with Gasteiger partial charge >= 0.3 is 0 Å². The number of hydrogen-bond acceptors (Lipinski definition) is 3. The van der Waals surface area contributed by atoms with E-state index in [0.717, 1.165) is 6.07 Å². The number of halogens is 1. The van der Waals surface area contributed by atoms with Crippen LogP contribution >= 0.6 is 0 Å². The number of benzene rings is 2. The standard InChI is InChI=1S/C14H13FN2O3S/c1-9(18)17-13-7-6-10(8-12(13)15)11-4-2-3-5-14(11)21(16,19)20/h2-8H,1H3,(H,17,18)(H2,16,19,20). The van der Waals surface area contributed by atoms with Gasteiger partial charge in [-0.05, 0) is 23.8 Å². The Morgan fingerprint density at radius 1 is 1.19 bits per heavy atom. The third-order valence-corrected chi connectivity index (χ3v) is 3.75. The molecule has 0 aliphatic carbocycles. The average molecular weight is 308 g/mol. The maximum Gasteiger partial charge on any atom is 0.238 e. The molecule has 0 aliphatic rings. The normalized spacial score (nSPS) is 11.2. The van der Waals surface area contributed by atoms with Crippen molar-refractivity contribution >= 4 is 21.6 Å². The summed E-state index contributed by atoms with van der Waals surface area (Å²) >= 11 is 0. The van der Waals surface area contributed by atoms with Gasteiger partial charge in [0.05, 0.1) is 10.6 Å². The highest BCUT2D eigenvalue weighted by atomic mass is 32.2. The van der Waals surface area contributed by atoms with E-state index in [2.05, 4.69) is 5.32 Å². The number of hydrogen-bond donors (Lipinski definition) is 2. The van der Waals surface area contributed by atoms with Crippen LogP contribution in [0.15, 0.2) is 47.4 Å². The second kappa shape index (κ2) is 5.63. The molecule has 2 rings (SSSR count). The number of rotatable bonds is 3. The van der Waals surface area contributed by atoms with Crippen LogP contribution in [0.3, 0.4) is 0 Å². The fourth-order valence-corrected chi connectivity index (χ4v) is 2.69. The Bertz CT molecular complexity index is 804. The van der Waals surface area contributed by atoms with Crippen molar-refractivity contribution in [1.29, 1.82) is 0 Å². The van der Waals surface area contributed by atoms with Gasteiger partial charge in [0.1, 0.15) is 5.82 Å². The lowest BCUT2D eigenvalue weighted by molar-refractivity contribution is -0.114. The summed E-state index contributed by atoms with van der Waals surface area (Å²) in [5.74, 6) is -1.06. The highest BCUT2D eigenvalue weighted by Crippen LogP contribution is 2.29. The van der Waals surface area contributed by atoms with Crippen LogP contribution in [0.2, 0.25) is 0 Å². The first-order chi connectivity index (χ1) is 9.79. The molecule has 5 nitrogen and oxygen atoms in total. The molecule has 0 aromatic heterocycles. The predicted octanol–water partition coefficient (Wildman–Crippen LogP) is 2.10. The lowest BCUT2D eigenvalue weighted by Gasteiger charge is -2.10. The number of nitrogens with one attached hydrogen (secondary N) is 1. The molecule has 0 saturated heterocycles. The van der Waals surface area contributed by atoms with Crippen LogP contribution in [0, 0.1) is 5.82 Å². The van der Waals surface area contributed by atoms with Gasteiger partial charge in [0.15, 0.2) is 0 Å². The molecule has 110 valence electrons. The van der Waals surface area contributed by atoms with Gasteiger partial charge in [0.25, 0.3) is 0 Å². The number of carbonyl (C=O) groups is 1.